The van der Waals surface area contributed by atoms with Crippen LogP contribution in [-0.4, -0.2) is 17.7 Å². The Labute approximate surface area is 205 Å². The van der Waals surface area contributed by atoms with E-state index in [1.807, 2.05) is 91.9 Å². The highest BCUT2D eigenvalue weighted by Gasteiger charge is 2.24. The maximum atomic E-state index is 13.4. The lowest BCUT2D eigenvalue weighted by Gasteiger charge is -2.22. The van der Waals surface area contributed by atoms with Gasteiger partial charge in [-0.05, 0) is 47.9 Å². The van der Waals surface area contributed by atoms with Crippen molar-refractivity contribution >= 4 is 29.1 Å². The maximum Gasteiger partial charge on any atom is 0.255 e. The fourth-order valence-corrected chi connectivity index (χ4v) is 3.82. The second-order valence-corrected chi connectivity index (χ2v) is 8.27. The molecule has 1 N–H and O–H groups in total. The van der Waals surface area contributed by atoms with Crippen molar-refractivity contribution in [1.82, 2.24) is 0 Å². The molecule has 4 aromatic rings. The maximum absolute atomic E-state index is 13.4. The summed E-state index contributed by atoms with van der Waals surface area (Å²) in [4.78, 5) is 40.9. The molecule has 0 spiro atoms. The molecule has 3 amide bonds. The van der Waals surface area contributed by atoms with Gasteiger partial charge in [0.15, 0.2) is 0 Å². The van der Waals surface area contributed by atoms with Crippen LogP contribution in [0.25, 0.3) is 0 Å². The molecule has 0 bridgehead atoms. The molecule has 174 valence electrons. The monoisotopic (exact) mass is 462 g/mol. The van der Waals surface area contributed by atoms with E-state index in [0.717, 1.165) is 16.7 Å². The largest absolute Gasteiger partial charge is 0.322 e. The minimum Gasteiger partial charge on any atom is -0.322 e. The Bertz CT molecular complexity index is 1280. The summed E-state index contributed by atoms with van der Waals surface area (Å²) in [5, 5.41) is 2.90. The summed E-state index contributed by atoms with van der Waals surface area (Å²) in [6.07, 6.45) is 0.141. The average molecular weight is 463 g/mol. The van der Waals surface area contributed by atoms with Gasteiger partial charge in [0.1, 0.15) is 0 Å². The highest BCUT2D eigenvalue weighted by atomic mass is 16.2. The van der Waals surface area contributed by atoms with E-state index in [0.29, 0.717) is 16.9 Å². The second kappa shape index (κ2) is 11.1. The van der Waals surface area contributed by atoms with Gasteiger partial charge in [0, 0.05) is 11.3 Å². The summed E-state index contributed by atoms with van der Waals surface area (Å²) in [5.41, 5.74) is 3.99. The molecule has 0 aliphatic heterocycles. The first-order valence-electron chi connectivity index (χ1n) is 11.4. The minimum atomic E-state index is -0.353. The van der Waals surface area contributed by atoms with Crippen LogP contribution in [0.5, 0.6) is 0 Å². The molecule has 4 rings (SSSR count). The molecule has 0 atom stereocenters. The number of rotatable bonds is 7. The quantitative estimate of drug-likeness (QED) is 0.389. The van der Waals surface area contributed by atoms with Gasteiger partial charge < -0.3 is 5.32 Å². The number of nitrogens with zero attached hydrogens (tertiary/aromatic N) is 1. The fourth-order valence-electron chi connectivity index (χ4n) is 3.82. The Hall–Kier alpha value is -4.51. The van der Waals surface area contributed by atoms with E-state index >= 15 is 0 Å². The van der Waals surface area contributed by atoms with Crippen molar-refractivity contribution in [2.45, 2.75) is 19.8 Å². The van der Waals surface area contributed by atoms with Gasteiger partial charge in [0.2, 0.25) is 11.8 Å². The lowest BCUT2D eigenvalue weighted by Crippen LogP contribution is -2.39. The van der Waals surface area contributed by atoms with E-state index in [9.17, 15) is 14.4 Å². The Balaban J connectivity index is 1.63. The number of para-hydroxylation sites is 1. The zero-order valence-corrected chi connectivity index (χ0v) is 19.5. The summed E-state index contributed by atoms with van der Waals surface area (Å²) in [7, 11) is 0. The predicted octanol–water partition coefficient (Wildman–Crippen LogP) is 5.59. The van der Waals surface area contributed by atoms with Gasteiger partial charge in [-0.25, -0.2) is 4.90 Å². The molecule has 35 heavy (non-hydrogen) atoms. The van der Waals surface area contributed by atoms with Crippen LogP contribution < -0.4 is 10.2 Å². The van der Waals surface area contributed by atoms with Crippen LogP contribution in [0.1, 0.15) is 27.0 Å². The van der Waals surface area contributed by atoms with Gasteiger partial charge in [-0.15, -0.1) is 0 Å². The summed E-state index contributed by atoms with van der Waals surface area (Å²) >= 11 is 0. The molecule has 0 saturated carbocycles. The van der Waals surface area contributed by atoms with E-state index in [1.54, 1.807) is 24.3 Å². The van der Waals surface area contributed by atoms with Crippen LogP contribution in [0.15, 0.2) is 109 Å². The van der Waals surface area contributed by atoms with Crippen molar-refractivity contribution in [3.8, 4) is 0 Å². The first kappa shape index (κ1) is 23.6. The highest BCUT2D eigenvalue weighted by molar-refractivity contribution is 6.16. The SMILES string of the molecule is Cc1ccccc1NC(=O)c1cccc(N(C(=O)Cc2ccccc2)C(=O)Cc2ccccc2)c1. The van der Waals surface area contributed by atoms with Gasteiger partial charge >= 0.3 is 0 Å². The first-order chi connectivity index (χ1) is 17.0. The molecule has 0 saturated heterocycles. The standard InChI is InChI=1S/C30H26N2O3/c1-22-11-8-9-18-27(22)31-30(35)25-16-10-17-26(21-25)32(28(33)19-23-12-4-2-5-13-23)29(34)20-24-14-6-3-7-15-24/h2-18,21H,19-20H2,1H3,(H,31,35). The van der Waals surface area contributed by atoms with E-state index < -0.39 is 0 Å². The van der Waals surface area contributed by atoms with Gasteiger partial charge in [-0.2, -0.15) is 0 Å². The number of benzene rings is 4. The molecule has 0 radical (unpaired) electrons. The zero-order chi connectivity index (χ0) is 24.6. The Morgan fingerprint density at radius 2 is 1.20 bits per heavy atom. The van der Waals surface area contributed by atoms with Crippen LogP contribution in [0.2, 0.25) is 0 Å². The third-order valence-electron chi connectivity index (χ3n) is 5.65. The van der Waals surface area contributed by atoms with E-state index in [1.165, 1.54) is 4.90 Å². The number of carbonyl (C=O) groups excluding carboxylic acids is 3. The van der Waals surface area contributed by atoms with Crippen LogP contribution in [-0.2, 0) is 22.4 Å². The molecule has 0 fully saturated rings. The van der Waals surface area contributed by atoms with Crippen LogP contribution in [0.3, 0.4) is 0 Å². The van der Waals surface area contributed by atoms with Gasteiger partial charge in [-0.1, -0.05) is 84.9 Å². The number of carbonyl (C=O) groups is 3. The molecule has 5 nitrogen and oxygen atoms in total. The summed E-state index contributed by atoms with van der Waals surface area (Å²) in [6.45, 7) is 1.91. The number of imide groups is 1. The molecular weight excluding hydrogens is 436 g/mol. The molecule has 0 aliphatic carbocycles. The van der Waals surface area contributed by atoms with Crippen molar-refractivity contribution in [2.75, 3.05) is 10.2 Å². The van der Waals surface area contributed by atoms with Crippen molar-refractivity contribution < 1.29 is 14.4 Å². The zero-order valence-electron chi connectivity index (χ0n) is 19.5. The van der Waals surface area contributed by atoms with E-state index in [4.69, 9.17) is 0 Å². The fraction of sp³-hybridized carbons (Fsp3) is 0.100. The molecule has 0 unspecified atom stereocenters. The smallest absolute Gasteiger partial charge is 0.255 e. The van der Waals surface area contributed by atoms with Gasteiger partial charge in [-0.3, -0.25) is 14.4 Å². The molecule has 0 heterocycles. The number of hydrogen-bond donors (Lipinski definition) is 1. The van der Waals surface area contributed by atoms with E-state index in [2.05, 4.69) is 5.32 Å². The Morgan fingerprint density at radius 3 is 1.77 bits per heavy atom. The molecule has 0 aliphatic rings. The molecule has 0 aromatic heterocycles. The van der Waals surface area contributed by atoms with Gasteiger partial charge in [0.05, 0.1) is 18.5 Å². The van der Waals surface area contributed by atoms with Crippen molar-refractivity contribution in [3.05, 3.63) is 131 Å². The average Bonchev–Trinajstić information content (AvgIpc) is 2.87. The molecule has 4 aromatic carbocycles. The number of aryl methyl sites for hydroxylation is 1. The summed E-state index contributed by atoms with van der Waals surface area (Å²) in [6, 6.07) is 32.7. The van der Waals surface area contributed by atoms with Crippen LogP contribution in [0, 0.1) is 6.92 Å². The topological polar surface area (TPSA) is 66.5 Å². The lowest BCUT2D eigenvalue weighted by atomic mass is 10.1. The van der Waals surface area contributed by atoms with Crippen molar-refractivity contribution in [3.63, 3.8) is 0 Å². The second-order valence-electron chi connectivity index (χ2n) is 8.27. The van der Waals surface area contributed by atoms with Crippen LogP contribution in [0.4, 0.5) is 11.4 Å². The third-order valence-corrected chi connectivity index (χ3v) is 5.65. The first-order valence-corrected chi connectivity index (χ1v) is 11.4. The van der Waals surface area contributed by atoms with Crippen molar-refractivity contribution in [1.29, 1.82) is 0 Å². The number of hydrogen-bond acceptors (Lipinski definition) is 3. The van der Waals surface area contributed by atoms with E-state index in [-0.39, 0.29) is 30.6 Å². The van der Waals surface area contributed by atoms with Crippen molar-refractivity contribution in [2.24, 2.45) is 0 Å². The Kier molecular flexibility index (Phi) is 7.48. The minimum absolute atomic E-state index is 0.0704. The predicted molar refractivity (Wildman–Crippen MR) is 138 cm³/mol. The lowest BCUT2D eigenvalue weighted by molar-refractivity contribution is -0.125. The summed E-state index contributed by atoms with van der Waals surface area (Å²) in [5.74, 6) is -1.02. The molecule has 5 heteroatoms. The number of anilines is 2. The third kappa shape index (κ3) is 6.09. The summed E-state index contributed by atoms with van der Waals surface area (Å²) < 4.78 is 0. The molecular formula is C30H26N2O3. The number of nitrogens with one attached hydrogen (secondary N) is 1. The normalized spacial score (nSPS) is 10.4. The van der Waals surface area contributed by atoms with Gasteiger partial charge in [0.25, 0.3) is 5.91 Å². The highest BCUT2D eigenvalue weighted by Crippen LogP contribution is 2.21. The Morgan fingerprint density at radius 1 is 0.657 bits per heavy atom. The number of amides is 3. The van der Waals surface area contributed by atoms with Crippen LogP contribution >= 0.6 is 0 Å².